The predicted octanol–water partition coefficient (Wildman–Crippen LogP) is 15.7. The molecule has 8 aromatic carbocycles. The highest BCUT2D eigenvalue weighted by Crippen LogP contribution is 2.58. The Bertz CT molecular complexity index is 2540. The zero-order valence-electron chi connectivity index (χ0n) is 33.7. The Morgan fingerprint density at radius 3 is 0.949 bits per heavy atom. The number of hydrogen-bond acceptors (Lipinski definition) is 0. The van der Waals surface area contributed by atoms with E-state index in [2.05, 4.69) is 263 Å². The van der Waals surface area contributed by atoms with E-state index in [0.717, 1.165) is 0 Å². The van der Waals surface area contributed by atoms with Crippen LogP contribution in [-0.2, 0) is 0 Å². The van der Waals surface area contributed by atoms with Gasteiger partial charge in [-0.1, -0.05) is 249 Å². The molecule has 0 radical (unpaired) electrons. The SMILES string of the molecule is Cc1ccccc1/C=C/c1ccc(/C=C/c2ccccc2C)cc1.c1ccc(C2=C(c3ccccc3)C(c3ccccc3)C(c3ccccc3)=C2c2ccccc2)cc1. The normalized spacial score (nSPS) is 12.9. The fraction of sp³-hybridized carbons (Fsp3) is 0.0508. The molecule has 1 aliphatic carbocycles. The minimum absolute atomic E-state index is 0.117. The van der Waals surface area contributed by atoms with Crippen molar-refractivity contribution in [3.63, 3.8) is 0 Å². The topological polar surface area (TPSA) is 0 Å². The zero-order valence-corrected chi connectivity index (χ0v) is 33.7. The first-order chi connectivity index (χ1) is 29.1. The third kappa shape index (κ3) is 9.15. The van der Waals surface area contributed by atoms with Gasteiger partial charge in [-0.25, -0.2) is 0 Å². The van der Waals surface area contributed by atoms with Gasteiger partial charge in [0.15, 0.2) is 0 Å². The van der Waals surface area contributed by atoms with E-state index in [4.69, 9.17) is 0 Å². The van der Waals surface area contributed by atoms with Crippen molar-refractivity contribution in [2.75, 3.05) is 0 Å². The molecule has 0 heteroatoms. The van der Waals surface area contributed by atoms with Crippen LogP contribution in [0.1, 0.15) is 67.1 Å². The van der Waals surface area contributed by atoms with E-state index in [1.54, 1.807) is 0 Å². The van der Waals surface area contributed by atoms with Gasteiger partial charge in [-0.3, -0.25) is 0 Å². The lowest BCUT2D eigenvalue weighted by molar-refractivity contribution is 1.14. The van der Waals surface area contributed by atoms with E-state index >= 15 is 0 Å². The highest BCUT2D eigenvalue weighted by atomic mass is 14.4. The van der Waals surface area contributed by atoms with Crippen molar-refractivity contribution >= 4 is 46.6 Å². The summed E-state index contributed by atoms with van der Waals surface area (Å²) < 4.78 is 0. The van der Waals surface area contributed by atoms with Crippen LogP contribution in [0.25, 0.3) is 46.6 Å². The first-order valence-electron chi connectivity index (χ1n) is 20.5. The molecule has 1 aliphatic rings. The zero-order chi connectivity index (χ0) is 40.2. The van der Waals surface area contributed by atoms with Gasteiger partial charge in [-0.05, 0) is 97.3 Å². The van der Waals surface area contributed by atoms with Crippen molar-refractivity contribution in [1.29, 1.82) is 0 Å². The summed E-state index contributed by atoms with van der Waals surface area (Å²) in [6, 6.07) is 80.0. The molecule has 0 fully saturated rings. The summed E-state index contributed by atoms with van der Waals surface area (Å²) in [5.41, 5.74) is 19.2. The van der Waals surface area contributed by atoms with Crippen LogP contribution in [0, 0.1) is 13.8 Å². The van der Waals surface area contributed by atoms with E-state index in [9.17, 15) is 0 Å². The lowest BCUT2D eigenvalue weighted by Gasteiger charge is -2.22. The van der Waals surface area contributed by atoms with Gasteiger partial charge in [0.25, 0.3) is 0 Å². The van der Waals surface area contributed by atoms with Crippen LogP contribution in [-0.4, -0.2) is 0 Å². The molecule has 0 aliphatic heterocycles. The van der Waals surface area contributed by atoms with E-state index in [0.29, 0.717) is 0 Å². The quantitative estimate of drug-likeness (QED) is 0.129. The number of hydrogen-bond donors (Lipinski definition) is 0. The Morgan fingerprint density at radius 1 is 0.288 bits per heavy atom. The van der Waals surface area contributed by atoms with Crippen LogP contribution in [0.5, 0.6) is 0 Å². The molecule has 0 N–H and O–H groups in total. The molecule has 0 spiro atoms. The van der Waals surface area contributed by atoms with E-state index in [1.807, 2.05) is 0 Å². The molecule has 0 saturated carbocycles. The maximum Gasteiger partial charge on any atom is 0.0364 e. The number of allylic oxidation sites excluding steroid dienone is 4. The summed E-state index contributed by atoms with van der Waals surface area (Å²) in [5.74, 6) is 0.117. The number of benzene rings is 8. The van der Waals surface area contributed by atoms with Crippen molar-refractivity contribution in [3.05, 3.63) is 286 Å². The monoisotopic (exact) mass is 756 g/mol. The van der Waals surface area contributed by atoms with Gasteiger partial charge in [-0.15, -0.1) is 0 Å². The molecule has 0 unspecified atom stereocenters. The fourth-order valence-corrected chi connectivity index (χ4v) is 7.99. The van der Waals surface area contributed by atoms with Crippen molar-refractivity contribution in [2.45, 2.75) is 19.8 Å². The van der Waals surface area contributed by atoms with Gasteiger partial charge in [0.05, 0.1) is 0 Å². The maximum absolute atomic E-state index is 2.27. The second-order valence-electron chi connectivity index (χ2n) is 14.9. The van der Waals surface area contributed by atoms with Crippen molar-refractivity contribution in [2.24, 2.45) is 0 Å². The van der Waals surface area contributed by atoms with Crippen molar-refractivity contribution in [3.8, 4) is 0 Å². The highest BCUT2D eigenvalue weighted by Gasteiger charge is 2.37. The molecule has 0 saturated heterocycles. The Kier molecular flexibility index (Phi) is 12.3. The van der Waals surface area contributed by atoms with Gasteiger partial charge in [-0.2, -0.15) is 0 Å². The smallest absolute Gasteiger partial charge is 0.0364 e. The van der Waals surface area contributed by atoms with Crippen LogP contribution >= 0.6 is 0 Å². The molecule has 9 rings (SSSR count). The molecule has 8 aromatic rings. The number of aryl methyl sites for hydroxylation is 2. The summed E-state index contributed by atoms with van der Waals surface area (Å²) in [7, 11) is 0. The lowest BCUT2D eigenvalue weighted by Crippen LogP contribution is -2.03. The third-order valence-electron chi connectivity index (χ3n) is 11.0. The summed E-state index contributed by atoms with van der Waals surface area (Å²) >= 11 is 0. The Hall–Kier alpha value is -7.28. The molecule has 0 heterocycles. The van der Waals surface area contributed by atoms with Crippen LogP contribution in [0.2, 0.25) is 0 Å². The van der Waals surface area contributed by atoms with E-state index < -0.39 is 0 Å². The summed E-state index contributed by atoms with van der Waals surface area (Å²) in [6.07, 6.45) is 8.68. The summed E-state index contributed by atoms with van der Waals surface area (Å²) in [6.45, 7) is 4.28. The average Bonchev–Trinajstić information content (AvgIpc) is 3.67. The molecular formula is C59H48. The Labute approximate surface area is 350 Å². The molecule has 284 valence electrons. The Balaban J connectivity index is 0.000000177. The molecule has 0 atom stereocenters. The van der Waals surface area contributed by atoms with Gasteiger partial charge in [0.2, 0.25) is 0 Å². The molecular weight excluding hydrogens is 709 g/mol. The summed E-state index contributed by atoms with van der Waals surface area (Å²) in [4.78, 5) is 0. The van der Waals surface area contributed by atoms with E-state index in [-0.39, 0.29) is 5.92 Å². The number of rotatable bonds is 9. The highest BCUT2D eigenvalue weighted by molar-refractivity contribution is 6.29. The minimum atomic E-state index is 0.117. The molecule has 0 aromatic heterocycles. The Morgan fingerprint density at radius 2 is 0.593 bits per heavy atom. The largest absolute Gasteiger partial charge is 0.0622 e. The van der Waals surface area contributed by atoms with Crippen LogP contribution in [0.3, 0.4) is 0 Å². The van der Waals surface area contributed by atoms with E-state index in [1.165, 1.54) is 83.5 Å². The molecule has 59 heavy (non-hydrogen) atoms. The second kappa shape index (κ2) is 18.8. The average molecular weight is 757 g/mol. The standard InChI is InChI=1S/C35H26.C24H22/c1-6-16-26(17-7-1)31-32(27-18-8-2-9-19-27)34(29-22-12-4-13-23-29)35(30-24-14-5-15-25-30)33(31)28-20-10-3-11-21-28;1-19-7-3-5-9-23(19)17-15-21-11-13-22(14-12-21)16-18-24-10-6-4-8-20(24)2/h1-25,31H;3-18H,1-2H3/b;17-15+,18-16+. The van der Waals surface area contributed by atoms with Crippen LogP contribution < -0.4 is 0 Å². The predicted molar refractivity (Wildman–Crippen MR) is 255 cm³/mol. The van der Waals surface area contributed by atoms with Gasteiger partial charge >= 0.3 is 0 Å². The van der Waals surface area contributed by atoms with Crippen LogP contribution in [0.4, 0.5) is 0 Å². The first kappa shape index (κ1) is 38.6. The first-order valence-corrected chi connectivity index (χ1v) is 20.5. The van der Waals surface area contributed by atoms with Gasteiger partial charge < -0.3 is 0 Å². The fourth-order valence-electron chi connectivity index (χ4n) is 7.99. The molecule has 0 amide bonds. The molecule has 0 nitrogen and oxygen atoms in total. The van der Waals surface area contributed by atoms with Gasteiger partial charge in [0, 0.05) is 5.92 Å². The second-order valence-corrected chi connectivity index (χ2v) is 14.9. The lowest BCUT2D eigenvalue weighted by atomic mass is 9.81. The van der Waals surface area contributed by atoms with Gasteiger partial charge in [0.1, 0.15) is 0 Å². The minimum Gasteiger partial charge on any atom is -0.0622 e. The van der Waals surface area contributed by atoms with Crippen molar-refractivity contribution in [1.82, 2.24) is 0 Å². The summed E-state index contributed by atoms with van der Waals surface area (Å²) in [5, 5.41) is 0. The maximum atomic E-state index is 2.27. The van der Waals surface area contributed by atoms with Crippen LogP contribution in [0.15, 0.2) is 224 Å². The third-order valence-corrected chi connectivity index (χ3v) is 11.0. The molecule has 0 bridgehead atoms. The van der Waals surface area contributed by atoms with Crippen molar-refractivity contribution < 1.29 is 0 Å².